The van der Waals surface area contributed by atoms with Crippen molar-refractivity contribution >= 4 is 21.8 Å². The summed E-state index contributed by atoms with van der Waals surface area (Å²) in [6.07, 6.45) is 14.0. The van der Waals surface area contributed by atoms with E-state index in [0.29, 0.717) is 43.2 Å². The maximum atomic E-state index is 12.9. The first-order valence-corrected chi connectivity index (χ1v) is 16.3. The van der Waals surface area contributed by atoms with Crippen molar-refractivity contribution in [2.24, 2.45) is 28.1 Å². The molecule has 4 aliphatic rings. The van der Waals surface area contributed by atoms with Gasteiger partial charge in [0.1, 0.15) is 0 Å². The van der Waals surface area contributed by atoms with Crippen LogP contribution in [0.5, 0.6) is 0 Å². The number of quaternary nitrogens is 1. The summed E-state index contributed by atoms with van der Waals surface area (Å²) >= 11 is 0. The molecule has 3 aliphatic carbocycles. The third-order valence-electron chi connectivity index (χ3n) is 9.68. The monoisotopic (exact) mass is 525 g/mol. The smallest absolute Gasteiger partial charge is 0.275 e. The highest BCUT2D eigenvalue weighted by Gasteiger charge is 2.40. The summed E-state index contributed by atoms with van der Waals surface area (Å²) in [6, 6.07) is 0.386. The normalized spacial score (nSPS) is 32.6. The van der Waals surface area contributed by atoms with E-state index in [1.165, 1.54) is 57.9 Å². The first-order valence-electron chi connectivity index (χ1n) is 14.8. The topological polar surface area (TPSA) is 98.7 Å². The van der Waals surface area contributed by atoms with Crippen LogP contribution in [0, 0.1) is 23.7 Å². The molecule has 0 spiro atoms. The van der Waals surface area contributed by atoms with Crippen LogP contribution in [0.2, 0.25) is 0 Å². The lowest BCUT2D eigenvalue weighted by atomic mass is 9.78. The van der Waals surface area contributed by atoms with Crippen molar-refractivity contribution in [2.75, 3.05) is 26.2 Å². The van der Waals surface area contributed by atoms with Gasteiger partial charge in [-0.15, -0.1) is 0 Å². The van der Waals surface area contributed by atoms with Crippen molar-refractivity contribution in [3.63, 3.8) is 0 Å². The lowest BCUT2D eigenvalue weighted by molar-refractivity contribution is -0.920. The molecule has 3 saturated carbocycles. The number of sulfonamides is 1. The summed E-state index contributed by atoms with van der Waals surface area (Å²) in [6.45, 7) is 13.2. The van der Waals surface area contributed by atoms with Gasteiger partial charge in [-0.3, -0.25) is 4.79 Å². The fraction of sp³-hybridized carbons (Fsp3) is 0.929. The molecule has 0 saturated heterocycles. The average molecular weight is 526 g/mol. The number of carbonyl (C=O) groups excluding carboxylic acids is 1. The number of hydrogen-bond donors (Lipinski definition) is 1. The molecule has 3 fully saturated rings. The Hall–Kier alpha value is -1.15. The van der Waals surface area contributed by atoms with E-state index in [2.05, 4.69) is 37.4 Å². The van der Waals surface area contributed by atoms with E-state index in [1.54, 1.807) is 0 Å². The van der Waals surface area contributed by atoms with Crippen LogP contribution in [0.15, 0.2) is 4.40 Å². The van der Waals surface area contributed by atoms with Crippen molar-refractivity contribution in [1.82, 2.24) is 5.32 Å². The zero-order chi connectivity index (χ0) is 26.3. The van der Waals surface area contributed by atoms with Gasteiger partial charge in [0.2, 0.25) is 0 Å². The summed E-state index contributed by atoms with van der Waals surface area (Å²) in [5.41, 5.74) is 0. The first-order chi connectivity index (χ1) is 17.1. The molecule has 4 unspecified atom stereocenters. The number of nitrogens with zero attached hydrogens (tertiary/aromatic N) is 2. The minimum atomic E-state index is -3.42. The SMILES string of the molecule is CC[N+](CC)(CC(=O)NC1C(C)CCCC1C)CC1CCCCC1.O=S1(=O)N=C([O-])C2CCCCC21. The lowest BCUT2D eigenvalue weighted by Gasteiger charge is -2.41. The molecule has 4 atom stereocenters. The number of nitrogens with one attached hydrogen (secondary N) is 1. The summed E-state index contributed by atoms with van der Waals surface area (Å²) in [7, 11) is -3.42. The van der Waals surface area contributed by atoms with E-state index in [4.69, 9.17) is 0 Å². The van der Waals surface area contributed by atoms with Crippen LogP contribution in [0.4, 0.5) is 0 Å². The van der Waals surface area contributed by atoms with Crippen LogP contribution in [-0.2, 0) is 14.8 Å². The molecule has 1 amide bonds. The van der Waals surface area contributed by atoms with E-state index in [1.807, 2.05) is 0 Å². The Labute approximate surface area is 220 Å². The van der Waals surface area contributed by atoms with Gasteiger partial charge in [-0.1, -0.05) is 52.4 Å². The number of carbonyl (C=O) groups is 1. The molecule has 208 valence electrons. The maximum absolute atomic E-state index is 12.9. The second-order valence-corrected chi connectivity index (χ2v) is 14.0. The van der Waals surface area contributed by atoms with Gasteiger partial charge >= 0.3 is 0 Å². The first kappa shape index (κ1) is 29.4. The summed E-state index contributed by atoms with van der Waals surface area (Å²) in [5, 5.41) is 14.0. The quantitative estimate of drug-likeness (QED) is 0.508. The fourth-order valence-electron chi connectivity index (χ4n) is 7.19. The molecule has 0 radical (unpaired) electrons. The Kier molecular flexibility index (Phi) is 10.7. The van der Waals surface area contributed by atoms with E-state index < -0.39 is 21.2 Å². The molecular weight excluding hydrogens is 474 g/mol. The highest BCUT2D eigenvalue weighted by Crippen LogP contribution is 2.35. The predicted octanol–water partition coefficient (Wildman–Crippen LogP) is 4.01. The van der Waals surface area contributed by atoms with Gasteiger partial charge in [-0.2, -0.15) is 4.40 Å². The van der Waals surface area contributed by atoms with Crippen LogP contribution in [0.25, 0.3) is 0 Å². The third kappa shape index (κ3) is 7.46. The number of amides is 1. The molecule has 0 aromatic rings. The maximum Gasteiger partial charge on any atom is 0.275 e. The molecule has 7 nitrogen and oxygen atoms in total. The van der Waals surface area contributed by atoms with Crippen molar-refractivity contribution in [1.29, 1.82) is 0 Å². The van der Waals surface area contributed by atoms with Gasteiger partial charge in [0.15, 0.2) is 6.54 Å². The Balaban J connectivity index is 0.000000249. The standard InChI is InChI=1S/C21H40N2O.C7H11NO3S/c1-5-23(6-2,15-19-13-8-7-9-14-19)16-20(24)22-21-17(3)11-10-12-18(21)4;9-7-5-3-1-2-4-6(5)12(10,11)8-7/h17-19,21H,5-16H2,1-4H3;5-6H,1-4H2,(H,8,9). The Morgan fingerprint density at radius 1 is 0.917 bits per heavy atom. The lowest BCUT2D eigenvalue weighted by Crippen LogP contribution is -2.57. The summed E-state index contributed by atoms with van der Waals surface area (Å²) in [4.78, 5) is 12.9. The summed E-state index contributed by atoms with van der Waals surface area (Å²) in [5.74, 6) is 1.64. The van der Waals surface area contributed by atoms with E-state index in [9.17, 15) is 18.3 Å². The molecule has 0 aromatic carbocycles. The Morgan fingerprint density at radius 3 is 2.08 bits per heavy atom. The van der Waals surface area contributed by atoms with E-state index in [-0.39, 0.29) is 5.92 Å². The largest absolute Gasteiger partial charge is 0.861 e. The van der Waals surface area contributed by atoms with Crippen LogP contribution in [-0.4, -0.2) is 62.2 Å². The molecule has 4 rings (SSSR count). The molecule has 0 bridgehead atoms. The number of hydrogen-bond acceptors (Lipinski definition) is 4. The number of rotatable bonds is 7. The van der Waals surface area contributed by atoms with Gasteiger partial charge in [0, 0.05) is 17.9 Å². The molecule has 1 heterocycles. The molecule has 1 aliphatic heterocycles. The van der Waals surface area contributed by atoms with Crippen LogP contribution < -0.4 is 10.4 Å². The fourth-order valence-corrected chi connectivity index (χ4v) is 8.84. The second kappa shape index (κ2) is 13.1. The second-order valence-electron chi connectivity index (χ2n) is 12.2. The number of likely N-dealkylation sites (N-methyl/N-ethyl adjacent to an activating group) is 1. The van der Waals surface area contributed by atoms with Crippen LogP contribution in [0.1, 0.15) is 105 Å². The molecule has 0 aromatic heterocycles. The average Bonchev–Trinajstić information content (AvgIpc) is 3.10. The van der Waals surface area contributed by atoms with Gasteiger partial charge in [-0.25, -0.2) is 8.42 Å². The van der Waals surface area contributed by atoms with Gasteiger partial charge < -0.3 is 14.9 Å². The van der Waals surface area contributed by atoms with Gasteiger partial charge in [0.25, 0.3) is 15.9 Å². The third-order valence-corrected chi connectivity index (χ3v) is 11.4. The number of fused-ring (bicyclic) bond motifs is 1. The van der Waals surface area contributed by atoms with Crippen LogP contribution in [0.3, 0.4) is 0 Å². The van der Waals surface area contributed by atoms with Crippen molar-refractivity contribution in [3.8, 4) is 0 Å². The summed E-state index contributed by atoms with van der Waals surface area (Å²) < 4.78 is 26.6. The van der Waals surface area contributed by atoms with Crippen molar-refractivity contribution < 1.29 is 22.8 Å². The van der Waals surface area contributed by atoms with Crippen LogP contribution >= 0.6 is 0 Å². The minimum absolute atomic E-state index is 0.292. The molecular formula is C28H51N3O4S. The molecule has 36 heavy (non-hydrogen) atoms. The Morgan fingerprint density at radius 2 is 1.50 bits per heavy atom. The van der Waals surface area contributed by atoms with E-state index in [0.717, 1.165) is 36.3 Å². The van der Waals surface area contributed by atoms with Gasteiger partial charge in [0.05, 0.1) is 24.9 Å². The van der Waals surface area contributed by atoms with E-state index >= 15 is 0 Å². The van der Waals surface area contributed by atoms with Crippen molar-refractivity contribution in [2.45, 2.75) is 116 Å². The Bertz CT molecular complexity index is 839. The minimum Gasteiger partial charge on any atom is -0.861 e. The predicted molar refractivity (Wildman–Crippen MR) is 144 cm³/mol. The molecule has 1 N–H and O–H groups in total. The molecule has 8 heteroatoms. The zero-order valence-electron chi connectivity index (χ0n) is 23.2. The highest BCUT2D eigenvalue weighted by molar-refractivity contribution is 7.91. The highest BCUT2D eigenvalue weighted by atomic mass is 32.2. The zero-order valence-corrected chi connectivity index (χ0v) is 24.0. The van der Waals surface area contributed by atoms with Crippen molar-refractivity contribution in [3.05, 3.63) is 0 Å². The van der Waals surface area contributed by atoms with Gasteiger partial charge in [-0.05, 0) is 70.1 Å².